The lowest BCUT2D eigenvalue weighted by atomic mass is 10.2. The van der Waals surface area contributed by atoms with E-state index in [0.717, 1.165) is 23.3 Å². The van der Waals surface area contributed by atoms with Gasteiger partial charge in [-0.3, -0.25) is 4.79 Å². The van der Waals surface area contributed by atoms with Crippen LogP contribution in [0.3, 0.4) is 0 Å². The molecule has 0 saturated heterocycles. The molecule has 2 heterocycles. The number of unbranched alkanes of at least 4 members (excludes halogenated alkanes) is 1. The normalized spacial score (nSPS) is 11.3. The Morgan fingerprint density at radius 3 is 2.66 bits per heavy atom. The minimum Gasteiger partial charge on any atom is -0.477 e. The van der Waals surface area contributed by atoms with Crippen LogP contribution in [0.15, 0.2) is 65.0 Å². The smallest absolute Gasteiger partial charge is 0.251 e. The topological polar surface area (TPSA) is 97.4 Å². The van der Waals surface area contributed by atoms with Gasteiger partial charge >= 0.3 is 0 Å². The van der Waals surface area contributed by atoms with Crippen LogP contribution < -0.4 is 14.8 Å². The standard InChI is InChI=1S/C23H27N3O4S2/c1-2-3-15-30-23-19(6-4-13-24-23)17-25-22(27)18-8-10-21(11-9-18)32(28,29)26-14-12-20-7-5-16-31-20/h4-11,13,16,26H,2-3,12,14-15,17H2,1H3,(H,25,27). The van der Waals surface area contributed by atoms with Crippen LogP contribution in [0.2, 0.25) is 0 Å². The van der Waals surface area contributed by atoms with Crippen LogP contribution in [0.5, 0.6) is 5.88 Å². The number of amides is 1. The summed E-state index contributed by atoms with van der Waals surface area (Å²) in [4.78, 5) is 18.0. The maximum absolute atomic E-state index is 12.5. The maximum atomic E-state index is 12.5. The van der Waals surface area contributed by atoms with Gasteiger partial charge in [0, 0.05) is 35.3 Å². The van der Waals surface area contributed by atoms with Crippen LogP contribution in [0.25, 0.3) is 0 Å². The zero-order valence-electron chi connectivity index (χ0n) is 17.9. The lowest BCUT2D eigenvalue weighted by Gasteiger charge is -2.11. The van der Waals surface area contributed by atoms with E-state index in [9.17, 15) is 13.2 Å². The van der Waals surface area contributed by atoms with Crippen LogP contribution in [0.4, 0.5) is 0 Å². The van der Waals surface area contributed by atoms with Crippen molar-refractivity contribution in [3.8, 4) is 5.88 Å². The Morgan fingerprint density at radius 2 is 1.94 bits per heavy atom. The molecule has 0 spiro atoms. The molecule has 9 heteroatoms. The molecular weight excluding hydrogens is 446 g/mol. The molecule has 0 aliphatic heterocycles. The first-order valence-electron chi connectivity index (χ1n) is 10.5. The Labute approximate surface area is 192 Å². The van der Waals surface area contributed by atoms with Crippen LogP contribution in [-0.4, -0.2) is 32.5 Å². The van der Waals surface area contributed by atoms with Gasteiger partial charge in [0.2, 0.25) is 15.9 Å². The Bertz CT molecular complexity index is 1100. The summed E-state index contributed by atoms with van der Waals surface area (Å²) in [7, 11) is -3.63. The van der Waals surface area contributed by atoms with Crippen molar-refractivity contribution in [2.24, 2.45) is 0 Å². The van der Waals surface area contributed by atoms with Crippen molar-refractivity contribution in [1.29, 1.82) is 0 Å². The largest absolute Gasteiger partial charge is 0.477 e. The number of ether oxygens (including phenoxy) is 1. The minimum absolute atomic E-state index is 0.124. The Kier molecular flexibility index (Phi) is 8.78. The molecule has 0 fully saturated rings. The van der Waals surface area contributed by atoms with Crippen molar-refractivity contribution in [1.82, 2.24) is 15.0 Å². The summed E-state index contributed by atoms with van der Waals surface area (Å²) in [6, 6.07) is 13.4. The summed E-state index contributed by atoms with van der Waals surface area (Å²) in [6.07, 6.45) is 4.24. The molecule has 0 atom stereocenters. The zero-order chi connectivity index (χ0) is 22.8. The number of nitrogens with one attached hydrogen (secondary N) is 2. The third kappa shape index (κ3) is 6.88. The van der Waals surface area contributed by atoms with Crippen molar-refractivity contribution in [3.05, 3.63) is 76.1 Å². The molecule has 170 valence electrons. The number of benzene rings is 1. The summed E-state index contributed by atoms with van der Waals surface area (Å²) < 4.78 is 33.2. The predicted molar refractivity (Wildman–Crippen MR) is 125 cm³/mol. The summed E-state index contributed by atoms with van der Waals surface area (Å²) in [5.41, 5.74) is 1.16. The second-order valence-electron chi connectivity index (χ2n) is 7.10. The first-order chi connectivity index (χ1) is 15.5. The highest BCUT2D eigenvalue weighted by Crippen LogP contribution is 2.16. The molecule has 0 aliphatic carbocycles. The van der Waals surface area contributed by atoms with E-state index >= 15 is 0 Å². The summed E-state index contributed by atoms with van der Waals surface area (Å²) in [5, 5.41) is 4.79. The zero-order valence-corrected chi connectivity index (χ0v) is 19.5. The summed E-state index contributed by atoms with van der Waals surface area (Å²) >= 11 is 1.59. The van der Waals surface area contributed by atoms with Gasteiger partial charge in [-0.25, -0.2) is 18.1 Å². The number of carbonyl (C=O) groups is 1. The number of nitrogens with zero attached hydrogens (tertiary/aromatic N) is 1. The number of pyridine rings is 1. The molecule has 0 unspecified atom stereocenters. The number of rotatable bonds is 12. The molecule has 1 aromatic carbocycles. The molecule has 2 N–H and O–H groups in total. The number of sulfonamides is 1. The maximum Gasteiger partial charge on any atom is 0.251 e. The molecule has 32 heavy (non-hydrogen) atoms. The minimum atomic E-state index is -3.63. The van der Waals surface area contributed by atoms with Gasteiger partial charge in [-0.05, 0) is 54.6 Å². The number of hydrogen-bond acceptors (Lipinski definition) is 6. The SMILES string of the molecule is CCCCOc1ncccc1CNC(=O)c1ccc(S(=O)(=O)NCCc2cccs2)cc1. The molecule has 0 aliphatic rings. The predicted octanol–water partition coefficient (Wildman–Crippen LogP) is 3.77. The van der Waals surface area contributed by atoms with E-state index in [1.807, 2.05) is 23.6 Å². The highest BCUT2D eigenvalue weighted by atomic mass is 32.2. The van der Waals surface area contributed by atoms with Crippen LogP contribution in [0, 0.1) is 0 Å². The highest BCUT2D eigenvalue weighted by molar-refractivity contribution is 7.89. The van der Waals surface area contributed by atoms with Gasteiger partial charge in [0.25, 0.3) is 5.91 Å². The Hall–Kier alpha value is -2.75. The molecule has 7 nitrogen and oxygen atoms in total. The molecule has 1 amide bonds. The second-order valence-corrected chi connectivity index (χ2v) is 9.90. The van der Waals surface area contributed by atoms with Crippen molar-refractivity contribution in [2.45, 2.75) is 37.6 Å². The van der Waals surface area contributed by atoms with Gasteiger partial charge in [-0.1, -0.05) is 25.5 Å². The van der Waals surface area contributed by atoms with Crippen molar-refractivity contribution in [3.63, 3.8) is 0 Å². The van der Waals surface area contributed by atoms with E-state index in [4.69, 9.17) is 4.74 Å². The fraction of sp³-hybridized carbons (Fsp3) is 0.304. The first kappa shape index (κ1) is 23.9. The van der Waals surface area contributed by atoms with E-state index in [-0.39, 0.29) is 17.3 Å². The summed E-state index contributed by atoms with van der Waals surface area (Å²) in [5.74, 6) is 0.208. The van der Waals surface area contributed by atoms with Gasteiger partial charge in [0.05, 0.1) is 11.5 Å². The van der Waals surface area contributed by atoms with Crippen molar-refractivity contribution >= 4 is 27.3 Å². The number of aromatic nitrogens is 1. The average molecular weight is 474 g/mol. The molecule has 2 aromatic heterocycles. The van der Waals surface area contributed by atoms with Gasteiger partial charge < -0.3 is 10.1 Å². The quantitative estimate of drug-likeness (QED) is 0.390. The monoisotopic (exact) mass is 473 g/mol. The molecule has 0 bridgehead atoms. The van der Waals surface area contributed by atoms with Gasteiger partial charge in [-0.15, -0.1) is 11.3 Å². The fourth-order valence-electron chi connectivity index (χ4n) is 2.91. The first-order valence-corrected chi connectivity index (χ1v) is 12.8. The summed E-state index contributed by atoms with van der Waals surface area (Å²) in [6.45, 7) is 3.24. The molecule has 3 rings (SSSR count). The molecular formula is C23H27N3O4S2. The average Bonchev–Trinajstić information content (AvgIpc) is 3.32. The Balaban J connectivity index is 1.55. The molecule has 3 aromatic rings. The van der Waals surface area contributed by atoms with E-state index in [2.05, 4.69) is 21.9 Å². The molecule has 0 radical (unpaired) electrons. The number of hydrogen-bond donors (Lipinski definition) is 2. The van der Waals surface area contributed by atoms with Crippen LogP contribution in [-0.2, 0) is 23.0 Å². The van der Waals surface area contributed by atoms with E-state index in [1.165, 1.54) is 24.3 Å². The lowest BCUT2D eigenvalue weighted by molar-refractivity contribution is 0.0950. The van der Waals surface area contributed by atoms with Gasteiger partial charge in [0.1, 0.15) is 0 Å². The fourth-order valence-corrected chi connectivity index (χ4v) is 4.65. The lowest BCUT2D eigenvalue weighted by Crippen LogP contribution is -2.26. The van der Waals surface area contributed by atoms with Gasteiger partial charge in [-0.2, -0.15) is 0 Å². The van der Waals surface area contributed by atoms with Crippen LogP contribution in [0.1, 0.15) is 40.6 Å². The molecule has 0 saturated carbocycles. The Morgan fingerprint density at radius 1 is 1.12 bits per heavy atom. The van der Waals surface area contributed by atoms with E-state index in [0.29, 0.717) is 31.0 Å². The number of carbonyl (C=O) groups excluding carboxylic acids is 1. The van der Waals surface area contributed by atoms with Crippen LogP contribution >= 0.6 is 11.3 Å². The van der Waals surface area contributed by atoms with E-state index < -0.39 is 10.0 Å². The van der Waals surface area contributed by atoms with Crippen molar-refractivity contribution < 1.29 is 17.9 Å². The highest BCUT2D eigenvalue weighted by Gasteiger charge is 2.15. The third-order valence-electron chi connectivity index (χ3n) is 4.70. The van der Waals surface area contributed by atoms with Crippen molar-refractivity contribution in [2.75, 3.05) is 13.2 Å². The van der Waals surface area contributed by atoms with Gasteiger partial charge in [0.15, 0.2) is 0 Å². The van der Waals surface area contributed by atoms with E-state index in [1.54, 1.807) is 23.6 Å². The third-order valence-corrected chi connectivity index (χ3v) is 7.11. The number of thiophene rings is 1. The second kappa shape index (κ2) is 11.8.